The van der Waals surface area contributed by atoms with Gasteiger partial charge in [0.1, 0.15) is 0 Å². The fraction of sp³-hybridized carbons (Fsp3) is 0.714. The predicted molar refractivity (Wildman–Crippen MR) is 79.5 cm³/mol. The summed E-state index contributed by atoms with van der Waals surface area (Å²) in [7, 11) is 0. The van der Waals surface area contributed by atoms with Crippen molar-refractivity contribution in [3.8, 4) is 0 Å². The van der Waals surface area contributed by atoms with Crippen molar-refractivity contribution in [3.63, 3.8) is 0 Å². The molecule has 1 aliphatic rings. The second kappa shape index (κ2) is 6.91. The third kappa shape index (κ3) is 4.38. The smallest absolute Gasteiger partial charge is 0.0302 e. The summed E-state index contributed by atoms with van der Waals surface area (Å²) in [6.07, 6.45) is 8.59. The number of hydrogen-bond donors (Lipinski definition) is 1. The molecule has 0 radical (unpaired) electrons. The summed E-state index contributed by atoms with van der Waals surface area (Å²) in [4.78, 5) is 1.43. The van der Waals surface area contributed by atoms with Crippen LogP contribution in [0.25, 0.3) is 0 Å². The van der Waals surface area contributed by atoms with Crippen LogP contribution < -0.4 is 5.32 Å². The van der Waals surface area contributed by atoms with E-state index in [1.165, 1.54) is 47.9 Å². The van der Waals surface area contributed by atoms with Gasteiger partial charge >= 0.3 is 0 Å². The van der Waals surface area contributed by atoms with Crippen LogP contribution in [-0.4, -0.2) is 6.04 Å². The number of halogens is 1. The Kier molecular flexibility index (Phi) is 5.51. The molecule has 0 bridgehead atoms. The van der Waals surface area contributed by atoms with Crippen LogP contribution in [0.15, 0.2) is 15.9 Å². The molecule has 3 heteroatoms. The molecule has 17 heavy (non-hydrogen) atoms. The maximum atomic E-state index is 3.70. The van der Waals surface area contributed by atoms with Crippen molar-refractivity contribution in [1.29, 1.82) is 0 Å². The normalized spacial score (nSPS) is 20.1. The molecule has 0 saturated heterocycles. The minimum Gasteiger partial charge on any atom is -0.309 e. The first-order valence-electron chi connectivity index (χ1n) is 6.72. The molecule has 1 nitrogen and oxygen atoms in total. The highest BCUT2D eigenvalue weighted by Crippen LogP contribution is 2.26. The lowest BCUT2D eigenvalue weighted by molar-refractivity contribution is 0.337. The van der Waals surface area contributed by atoms with Crippen molar-refractivity contribution in [2.75, 3.05) is 0 Å². The Hall–Kier alpha value is 0.140. The van der Waals surface area contributed by atoms with Crippen LogP contribution in [0, 0.1) is 5.92 Å². The SMILES string of the molecule is C[C@@H](NCc1cc(Br)cs1)C1CCCCCC1. The third-order valence-corrected chi connectivity index (χ3v) is 5.52. The van der Waals surface area contributed by atoms with E-state index in [0.29, 0.717) is 6.04 Å². The highest BCUT2D eigenvalue weighted by atomic mass is 79.9. The van der Waals surface area contributed by atoms with Crippen LogP contribution in [0.1, 0.15) is 50.3 Å². The minimum atomic E-state index is 0.661. The van der Waals surface area contributed by atoms with Gasteiger partial charge in [0.2, 0.25) is 0 Å². The van der Waals surface area contributed by atoms with Crippen LogP contribution in [0.5, 0.6) is 0 Å². The molecular formula is C14H22BrNS. The largest absolute Gasteiger partial charge is 0.309 e. The molecule has 1 saturated carbocycles. The van der Waals surface area contributed by atoms with Gasteiger partial charge < -0.3 is 5.32 Å². The van der Waals surface area contributed by atoms with Gasteiger partial charge in [-0.05, 0) is 47.7 Å². The van der Waals surface area contributed by atoms with Crippen molar-refractivity contribution in [2.24, 2.45) is 5.92 Å². The summed E-state index contributed by atoms with van der Waals surface area (Å²) in [5.41, 5.74) is 0. The lowest BCUT2D eigenvalue weighted by Crippen LogP contribution is -2.32. The number of rotatable bonds is 4. The third-order valence-electron chi connectivity index (χ3n) is 3.83. The molecular weight excluding hydrogens is 294 g/mol. The van der Waals surface area contributed by atoms with Gasteiger partial charge in [-0.3, -0.25) is 0 Å². The molecule has 0 aliphatic heterocycles. The lowest BCUT2D eigenvalue weighted by atomic mass is 9.93. The molecule has 0 spiro atoms. The van der Waals surface area contributed by atoms with Gasteiger partial charge in [-0.25, -0.2) is 0 Å². The van der Waals surface area contributed by atoms with Gasteiger partial charge in [-0.1, -0.05) is 25.7 Å². The molecule has 0 unspecified atom stereocenters. The summed E-state index contributed by atoms with van der Waals surface area (Å²) in [6.45, 7) is 3.38. The topological polar surface area (TPSA) is 12.0 Å². The maximum Gasteiger partial charge on any atom is 0.0302 e. The van der Waals surface area contributed by atoms with E-state index in [4.69, 9.17) is 0 Å². The van der Waals surface area contributed by atoms with Gasteiger partial charge in [-0.15, -0.1) is 11.3 Å². The first-order valence-corrected chi connectivity index (χ1v) is 8.39. The molecule has 1 aromatic heterocycles. The molecule has 1 heterocycles. The van der Waals surface area contributed by atoms with Gasteiger partial charge in [0.15, 0.2) is 0 Å². The van der Waals surface area contributed by atoms with E-state index in [-0.39, 0.29) is 0 Å². The van der Waals surface area contributed by atoms with E-state index in [1.807, 2.05) is 11.3 Å². The number of hydrogen-bond acceptors (Lipinski definition) is 2. The highest BCUT2D eigenvalue weighted by Gasteiger charge is 2.18. The zero-order valence-corrected chi connectivity index (χ0v) is 12.9. The van der Waals surface area contributed by atoms with Gasteiger partial charge in [-0.2, -0.15) is 0 Å². The molecule has 1 fully saturated rings. The average Bonchev–Trinajstić information content (AvgIpc) is 2.58. The van der Waals surface area contributed by atoms with Crippen molar-refractivity contribution < 1.29 is 0 Å². The first-order chi connectivity index (χ1) is 8.25. The standard InChI is InChI=1S/C14H22BrNS/c1-11(12-6-4-2-3-5-7-12)16-9-14-8-13(15)10-17-14/h8,10-12,16H,2-7,9H2,1H3/t11-/m1/s1. The molecule has 96 valence electrons. The van der Waals surface area contributed by atoms with E-state index in [9.17, 15) is 0 Å². The van der Waals surface area contributed by atoms with Crippen LogP contribution in [-0.2, 0) is 6.54 Å². The van der Waals surface area contributed by atoms with E-state index in [2.05, 4.69) is 39.6 Å². The molecule has 1 atom stereocenters. The molecule has 0 aromatic carbocycles. The van der Waals surface area contributed by atoms with Gasteiger partial charge in [0, 0.05) is 27.3 Å². The van der Waals surface area contributed by atoms with Gasteiger partial charge in [0.25, 0.3) is 0 Å². The zero-order valence-electron chi connectivity index (χ0n) is 10.5. The van der Waals surface area contributed by atoms with Crippen LogP contribution in [0.3, 0.4) is 0 Å². The highest BCUT2D eigenvalue weighted by molar-refractivity contribution is 9.10. The quantitative estimate of drug-likeness (QED) is 0.774. The van der Waals surface area contributed by atoms with Crippen LogP contribution in [0.2, 0.25) is 0 Å². The van der Waals surface area contributed by atoms with E-state index in [1.54, 1.807) is 0 Å². The van der Waals surface area contributed by atoms with Crippen molar-refractivity contribution in [2.45, 2.75) is 58.0 Å². The van der Waals surface area contributed by atoms with Crippen molar-refractivity contribution >= 4 is 27.3 Å². The van der Waals surface area contributed by atoms with Crippen molar-refractivity contribution in [3.05, 3.63) is 20.8 Å². The molecule has 1 aliphatic carbocycles. The Bertz CT molecular complexity index is 329. The Morgan fingerprint density at radius 3 is 2.65 bits per heavy atom. The van der Waals surface area contributed by atoms with Crippen LogP contribution >= 0.6 is 27.3 Å². The molecule has 1 N–H and O–H groups in total. The molecule has 0 amide bonds. The van der Waals surface area contributed by atoms with E-state index in [0.717, 1.165) is 12.5 Å². The summed E-state index contributed by atoms with van der Waals surface area (Å²) < 4.78 is 1.21. The predicted octanol–water partition coefficient (Wildman–Crippen LogP) is 4.96. The summed E-state index contributed by atoms with van der Waals surface area (Å²) in [6, 6.07) is 2.88. The monoisotopic (exact) mass is 315 g/mol. The Balaban J connectivity index is 1.77. The van der Waals surface area contributed by atoms with Crippen LogP contribution in [0.4, 0.5) is 0 Å². The Labute approximate surface area is 117 Å². The Morgan fingerprint density at radius 1 is 1.35 bits per heavy atom. The maximum absolute atomic E-state index is 3.70. The summed E-state index contributed by atoms with van der Waals surface area (Å²) in [5, 5.41) is 5.86. The average molecular weight is 316 g/mol. The fourth-order valence-electron chi connectivity index (χ4n) is 2.69. The van der Waals surface area contributed by atoms with E-state index >= 15 is 0 Å². The molecule has 1 aromatic rings. The minimum absolute atomic E-state index is 0.661. The second-order valence-corrected chi connectivity index (χ2v) is 7.06. The summed E-state index contributed by atoms with van der Waals surface area (Å²) in [5.74, 6) is 0.890. The van der Waals surface area contributed by atoms with Crippen molar-refractivity contribution in [1.82, 2.24) is 5.32 Å². The second-order valence-electron chi connectivity index (χ2n) is 5.15. The Morgan fingerprint density at radius 2 is 2.06 bits per heavy atom. The molecule has 2 rings (SSSR count). The summed E-state index contributed by atoms with van der Waals surface area (Å²) >= 11 is 5.34. The lowest BCUT2D eigenvalue weighted by Gasteiger charge is -2.23. The number of nitrogens with one attached hydrogen (secondary N) is 1. The number of thiophene rings is 1. The van der Waals surface area contributed by atoms with Gasteiger partial charge in [0.05, 0.1) is 0 Å². The first kappa shape index (κ1) is 13.6. The fourth-order valence-corrected chi connectivity index (χ4v) is 4.09. The van der Waals surface area contributed by atoms with E-state index < -0.39 is 0 Å². The zero-order chi connectivity index (χ0) is 12.1.